The van der Waals surface area contributed by atoms with Gasteiger partial charge in [-0.2, -0.15) is 0 Å². The maximum absolute atomic E-state index is 11.1. The Morgan fingerprint density at radius 1 is 1.42 bits per heavy atom. The van der Waals surface area contributed by atoms with E-state index in [9.17, 15) is 4.79 Å². The highest BCUT2D eigenvalue weighted by atomic mass is 35.5. The van der Waals surface area contributed by atoms with Gasteiger partial charge in [0.1, 0.15) is 5.75 Å². The van der Waals surface area contributed by atoms with Crippen LogP contribution in [0.4, 0.5) is 0 Å². The van der Waals surface area contributed by atoms with Crippen LogP contribution in [0, 0.1) is 0 Å². The molecule has 0 heterocycles. The molecule has 2 N–H and O–H groups in total. The van der Waals surface area contributed by atoms with Crippen molar-refractivity contribution in [2.24, 2.45) is 0 Å². The van der Waals surface area contributed by atoms with Gasteiger partial charge in [0, 0.05) is 30.1 Å². The Balaban J connectivity index is 2.60. The maximum Gasteiger partial charge on any atom is 0.219 e. The first kappa shape index (κ1) is 15.8. The number of carbonyl (C=O) groups excluding carboxylic acids is 1. The highest BCUT2D eigenvalue weighted by Crippen LogP contribution is 2.28. The molecule has 0 radical (unpaired) electrons. The quantitative estimate of drug-likeness (QED) is 0.757. The van der Waals surface area contributed by atoms with Gasteiger partial charge in [-0.25, -0.2) is 0 Å². The zero-order chi connectivity index (χ0) is 14.3. The molecule has 1 rings (SSSR count). The highest BCUT2D eigenvalue weighted by molar-refractivity contribution is 6.30. The maximum atomic E-state index is 11.1. The highest BCUT2D eigenvalue weighted by Gasteiger charge is 2.11. The second kappa shape index (κ2) is 8.02. The lowest BCUT2D eigenvalue weighted by atomic mass is 10.1. The number of rotatable bonds is 7. The molecule has 1 unspecified atom stereocenters. The van der Waals surface area contributed by atoms with E-state index < -0.39 is 0 Å². The summed E-state index contributed by atoms with van der Waals surface area (Å²) in [6.45, 7) is 2.56. The van der Waals surface area contributed by atoms with Crippen LogP contribution < -0.4 is 15.4 Å². The van der Waals surface area contributed by atoms with Crippen molar-refractivity contribution >= 4 is 17.5 Å². The zero-order valence-electron chi connectivity index (χ0n) is 11.6. The van der Waals surface area contributed by atoms with Crippen molar-refractivity contribution in [1.29, 1.82) is 0 Å². The third kappa shape index (κ3) is 5.09. The number of carbonyl (C=O) groups is 1. The third-order valence-electron chi connectivity index (χ3n) is 2.96. The predicted molar refractivity (Wildman–Crippen MR) is 77.7 cm³/mol. The summed E-state index contributed by atoms with van der Waals surface area (Å²) in [7, 11) is 3.52. The van der Waals surface area contributed by atoms with E-state index in [1.54, 1.807) is 7.05 Å². The van der Waals surface area contributed by atoms with Gasteiger partial charge in [-0.1, -0.05) is 11.6 Å². The van der Waals surface area contributed by atoms with Crippen molar-refractivity contribution < 1.29 is 9.53 Å². The van der Waals surface area contributed by atoms with Crippen LogP contribution >= 0.6 is 11.6 Å². The Bertz CT molecular complexity index is 424. The average molecular weight is 285 g/mol. The predicted octanol–water partition coefficient (Wildman–Crippen LogP) is 2.53. The standard InChI is InChI=1S/C14H21ClN2O2/c1-10(16-2)12-9-11(15)6-7-13(12)19-8-4-5-14(18)17-3/h6-7,9-10,16H,4-5,8H2,1-3H3,(H,17,18). The minimum Gasteiger partial charge on any atom is -0.493 e. The Labute approximate surface area is 119 Å². The molecule has 1 aromatic carbocycles. The minimum absolute atomic E-state index is 0.0310. The average Bonchev–Trinajstić information content (AvgIpc) is 2.43. The molecule has 1 aromatic rings. The lowest BCUT2D eigenvalue weighted by molar-refractivity contribution is -0.120. The molecule has 5 heteroatoms. The molecule has 0 bridgehead atoms. The van der Waals surface area contributed by atoms with Gasteiger partial charge in [0.25, 0.3) is 0 Å². The van der Waals surface area contributed by atoms with E-state index >= 15 is 0 Å². The minimum atomic E-state index is 0.0310. The van der Waals surface area contributed by atoms with Gasteiger partial charge in [0.15, 0.2) is 0 Å². The number of nitrogens with one attached hydrogen (secondary N) is 2. The summed E-state index contributed by atoms with van der Waals surface area (Å²) in [6.07, 6.45) is 1.16. The first-order valence-corrected chi connectivity index (χ1v) is 6.76. The van der Waals surface area contributed by atoms with Crippen molar-refractivity contribution in [3.8, 4) is 5.75 Å². The first-order valence-electron chi connectivity index (χ1n) is 6.38. The summed E-state index contributed by atoms with van der Waals surface area (Å²) >= 11 is 6.00. The van der Waals surface area contributed by atoms with E-state index in [1.165, 1.54) is 0 Å². The molecule has 0 saturated carbocycles. The van der Waals surface area contributed by atoms with Crippen LogP contribution in [0.25, 0.3) is 0 Å². The Morgan fingerprint density at radius 3 is 2.79 bits per heavy atom. The van der Waals surface area contributed by atoms with Crippen LogP contribution in [0.2, 0.25) is 5.02 Å². The molecule has 0 spiro atoms. The van der Waals surface area contributed by atoms with Gasteiger partial charge >= 0.3 is 0 Å². The van der Waals surface area contributed by atoms with E-state index in [2.05, 4.69) is 10.6 Å². The summed E-state index contributed by atoms with van der Waals surface area (Å²) in [5.41, 5.74) is 1.02. The van der Waals surface area contributed by atoms with E-state index in [0.717, 1.165) is 11.3 Å². The second-order valence-corrected chi connectivity index (χ2v) is 4.75. The molecule has 0 aliphatic carbocycles. The fourth-order valence-electron chi connectivity index (χ4n) is 1.68. The molecule has 0 saturated heterocycles. The van der Waals surface area contributed by atoms with Crippen LogP contribution in [0.15, 0.2) is 18.2 Å². The SMILES string of the molecule is CNC(=O)CCCOc1ccc(Cl)cc1C(C)NC. The van der Waals surface area contributed by atoms with Crippen molar-refractivity contribution in [2.45, 2.75) is 25.8 Å². The van der Waals surface area contributed by atoms with Crippen LogP contribution in [0.1, 0.15) is 31.4 Å². The molecule has 0 aliphatic heterocycles. The second-order valence-electron chi connectivity index (χ2n) is 4.32. The number of hydrogen-bond acceptors (Lipinski definition) is 3. The molecule has 4 nitrogen and oxygen atoms in total. The largest absolute Gasteiger partial charge is 0.493 e. The number of ether oxygens (including phenoxy) is 1. The van der Waals surface area contributed by atoms with E-state index in [1.807, 2.05) is 32.2 Å². The molecule has 0 aliphatic rings. The Morgan fingerprint density at radius 2 is 2.16 bits per heavy atom. The lowest BCUT2D eigenvalue weighted by Gasteiger charge is -2.16. The Kier molecular flexibility index (Phi) is 6.67. The number of amides is 1. The summed E-state index contributed by atoms with van der Waals surface area (Å²) in [5.74, 6) is 0.840. The summed E-state index contributed by atoms with van der Waals surface area (Å²) < 4.78 is 5.73. The van der Waals surface area contributed by atoms with Gasteiger partial charge in [0.05, 0.1) is 6.61 Å². The number of halogens is 1. The molecule has 19 heavy (non-hydrogen) atoms. The topological polar surface area (TPSA) is 50.4 Å². The Hall–Kier alpha value is -1.26. The fraction of sp³-hybridized carbons (Fsp3) is 0.500. The van der Waals surface area contributed by atoms with Crippen LogP contribution in [0.5, 0.6) is 5.75 Å². The first-order chi connectivity index (χ1) is 9.08. The van der Waals surface area contributed by atoms with Gasteiger partial charge in [0.2, 0.25) is 5.91 Å². The summed E-state index contributed by atoms with van der Waals surface area (Å²) in [5, 5.41) is 6.44. The van der Waals surface area contributed by atoms with Gasteiger partial charge < -0.3 is 15.4 Å². The van der Waals surface area contributed by atoms with Crippen LogP contribution in [-0.4, -0.2) is 26.6 Å². The molecule has 1 amide bonds. The van der Waals surface area contributed by atoms with Crippen LogP contribution in [0.3, 0.4) is 0 Å². The molecular weight excluding hydrogens is 264 g/mol. The van der Waals surface area contributed by atoms with Gasteiger partial charge in [-0.15, -0.1) is 0 Å². The number of benzene rings is 1. The monoisotopic (exact) mass is 284 g/mol. The van der Waals surface area contributed by atoms with E-state index in [0.29, 0.717) is 24.5 Å². The molecule has 1 atom stereocenters. The molecule has 106 valence electrons. The smallest absolute Gasteiger partial charge is 0.219 e. The molecule has 0 aromatic heterocycles. The van der Waals surface area contributed by atoms with Crippen molar-refractivity contribution in [3.63, 3.8) is 0 Å². The third-order valence-corrected chi connectivity index (χ3v) is 3.19. The lowest BCUT2D eigenvalue weighted by Crippen LogP contribution is -2.18. The van der Waals surface area contributed by atoms with Crippen LogP contribution in [-0.2, 0) is 4.79 Å². The normalized spacial score (nSPS) is 12.0. The van der Waals surface area contributed by atoms with Crippen molar-refractivity contribution in [1.82, 2.24) is 10.6 Å². The summed E-state index contributed by atoms with van der Waals surface area (Å²) in [4.78, 5) is 11.1. The van der Waals surface area contributed by atoms with E-state index in [-0.39, 0.29) is 11.9 Å². The summed E-state index contributed by atoms with van der Waals surface area (Å²) in [6, 6.07) is 5.73. The van der Waals surface area contributed by atoms with Crippen molar-refractivity contribution in [2.75, 3.05) is 20.7 Å². The van der Waals surface area contributed by atoms with E-state index in [4.69, 9.17) is 16.3 Å². The van der Waals surface area contributed by atoms with Gasteiger partial charge in [-0.05, 0) is 38.6 Å². The number of hydrogen-bond donors (Lipinski definition) is 2. The zero-order valence-corrected chi connectivity index (χ0v) is 12.4. The molecule has 0 fully saturated rings. The van der Waals surface area contributed by atoms with Gasteiger partial charge in [-0.3, -0.25) is 4.79 Å². The van der Waals surface area contributed by atoms with Crippen molar-refractivity contribution in [3.05, 3.63) is 28.8 Å². The molecular formula is C14H21ClN2O2. The fourth-order valence-corrected chi connectivity index (χ4v) is 1.87.